The standard InChI is InChI=1S/C32H34N4O7S/c37-28-2-1-3-29(38)36-26-10-6-22(7-11-26)20-34-32(41)24-16-23(17-27(18-24)42-13-14-43-30(39)12-15-44)31(40)33-19-21-4-8-25(35-28)9-5-21/h4-11,16-18,44H,1-3,12-15,19-20H2,(H,33,40)(H,34,41)(H,35,37)(H,36,38). The summed E-state index contributed by atoms with van der Waals surface area (Å²) in [7, 11) is 0. The van der Waals surface area contributed by atoms with Gasteiger partial charge in [-0.25, -0.2) is 0 Å². The second kappa shape index (κ2) is 16.1. The molecule has 3 aromatic rings. The van der Waals surface area contributed by atoms with Gasteiger partial charge in [0.2, 0.25) is 11.8 Å². The number of hydrogen-bond acceptors (Lipinski definition) is 8. The number of carbonyl (C=O) groups excluding carboxylic acids is 5. The molecular formula is C32H34N4O7S. The monoisotopic (exact) mass is 618 g/mol. The molecule has 7 rings (SSSR count). The number of carbonyl (C=O) groups is 5. The van der Waals surface area contributed by atoms with E-state index < -0.39 is 17.8 Å². The van der Waals surface area contributed by atoms with E-state index in [2.05, 4.69) is 33.9 Å². The Morgan fingerprint density at radius 3 is 1.68 bits per heavy atom. The minimum Gasteiger partial charge on any atom is -0.490 e. The molecule has 0 spiro atoms. The van der Waals surface area contributed by atoms with Gasteiger partial charge in [0.05, 0.1) is 6.42 Å². The van der Waals surface area contributed by atoms with Gasteiger partial charge in [-0.05, 0) is 60.0 Å². The van der Waals surface area contributed by atoms with Gasteiger partial charge in [0.25, 0.3) is 11.8 Å². The van der Waals surface area contributed by atoms with E-state index in [1.165, 1.54) is 18.2 Å². The van der Waals surface area contributed by atoms with Gasteiger partial charge in [-0.15, -0.1) is 0 Å². The van der Waals surface area contributed by atoms with E-state index in [1.807, 2.05) is 0 Å². The van der Waals surface area contributed by atoms with Crippen molar-refractivity contribution >= 4 is 53.6 Å². The second-order valence-corrected chi connectivity index (χ2v) is 10.4. The van der Waals surface area contributed by atoms with E-state index in [1.54, 1.807) is 48.5 Å². The van der Waals surface area contributed by atoms with Crippen LogP contribution in [0.4, 0.5) is 11.4 Å². The molecular weight excluding hydrogens is 584 g/mol. The first-order valence-corrected chi connectivity index (χ1v) is 14.8. The number of esters is 1. The zero-order valence-corrected chi connectivity index (χ0v) is 24.9. The van der Waals surface area contributed by atoms with Crippen LogP contribution in [0, 0.1) is 0 Å². The smallest absolute Gasteiger partial charge is 0.306 e. The molecule has 0 saturated heterocycles. The largest absolute Gasteiger partial charge is 0.490 e. The van der Waals surface area contributed by atoms with E-state index in [0.717, 1.165) is 11.1 Å². The van der Waals surface area contributed by atoms with Gasteiger partial charge in [-0.2, -0.15) is 12.6 Å². The molecule has 3 aromatic carbocycles. The highest BCUT2D eigenvalue weighted by atomic mass is 32.1. The Labute approximate surface area is 260 Å². The minimum atomic E-state index is -0.422. The van der Waals surface area contributed by atoms with Crippen LogP contribution in [0.1, 0.15) is 57.5 Å². The summed E-state index contributed by atoms with van der Waals surface area (Å²) in [4.78, 5) is 62.5. The van der Waals surface area contributed by atoms with Crippen LogP contribution in [-0.2, 0) is 32.2 Å². The number of rotatable bonds is 6. The number of amides is 4. The van der Waals surface area contributed by atoms with Gasteiger partial charge in [-0.3, -0.25) is 24.0 Å². The average Bonchev–Trinajstić information content (AvgIpc) is 3.01. The Morgan fingerprint density at radius 2 is 1.20 bits per heavy atom. The molecule has 6 bridgehead atoms. The number of hydrogen-bond donors (Lipinski definition) is 5. The molecule has 4 aliphatic heterocycles. The van der Waals surface area contributed by atoms with Gasteiger partial charge >= 0.3 is 5.97 Å². The first-order chi connectivity index (χ1) is 21.3. The van der Waals surface area contributed by atoms with E-state index >= 15 is 0 Å². The first-order valence-electron chi connectivity index (χ1n) is 14.2. The van der Waals surface area contributed by atoms with E-state index in [-0.39, 0.29) is 74.3 Å². The highest BCUT2D eigenvalue weighted by Gasteiger charge is 2.15. The highest BCUT2D eigenvalue weighted by molar-refractivity contribution is 7.80. The number of nitrogens with one attached hydrogen (secondary N) is 4. The Kier molecular flexibility index (Phi) is 11.8. The first kappa shape index (κ1) is 32.1. The summed E-state index contributed by atoms with van der Waals surface area (Å²) >= 11 is 4.00. The highest BCUT2D eigenvalue weighted by Crippen LogP contribution is 2.19. The van der Waals surface area contributed by atoms with Gasteiger partial charge < -0.3 is 30.7 Å². The molecule has 0 unspecified atom stereocenters. The van der Waals surface area contributed by atoms with Crippen LogP contribution in [0.25, 0.3) is 0 Å². The molecule has 12 heteroatoms. The van der Waals surface area contributed by atoms with Crippen LogP contribution in [0.5, 0.6) is 5.75 Å². The molecule has 0 radical (unpaired) electrons. The average molecular weight is 619 g/mol. The molecule has 0 saturated carbocycles. The van der Waals surface area contributed by atoms with Crippen molar-refractivity contribution in [1.29, 1.82) is 0 Å². The summed E-state index contributed by atoms with van der Waals surface area (Å²) in [5, 5.41) is 11.3. The quantitative estimate of drug-likeness (QED) is 0.160. The Balaban J connectivity index is 1.53. The maximum atomic E-state index is 13.1. The van der Waals surface area contributed by atoms with Crippen molar-refractivity contribution in [2.75, 3.05) is 29.6 Å². The second-order valence-electron chi connectivity index (χ2n) is 10.00. The number of ether oxygens (including phenoxy) is 2. The Morgan fingerprint density at radius 1 is 0.705 bits per heavy atom. The van der Waals surface area contributed by atoms with Gasteiger partial charge in [0.15, 0.2) is 0 Å². The van der Waals surface area contributed by atoms with Crippen LogP contribution >= 0.6 is 12.6 Å². The fourth-order valence-corrected chi connectivity index (χ4v) is 4.44. The third-order valence-corrected chi connectivity index (χ3v) is 6.77. The number of anilines is 2. The van der Waals surface area contributed by atoms with Crippen LogP contribution < -0.4 is 26.0 Å². The summed E-state index contributed by atoms with van der Waals surface area (Å²) in [5.74, 6) is -1.01. The predicted octanol–water partition coefficient (Wildman–Crippen LogP) is 3.85. The fraction of sp³-hybridized carbons (Fsp3) is 0.281. The summed E-state index contributed by atoms with van der Waals surface area (Å²) in [6, 6.07) is 18.5. The van der Waals surface area contributed by atoms with Crippen molar-refractivity contribution in [2.45, 2.75) is 38.8 Å². The van der Waals surface area contributed by atoms with Gasteiger partial charge in [-0.1, -0.05) is 24.3 Å². The minimum absolute atomic E-state index is 0.00252. The van der Waals surface area contributed by atoms with Crippen molar-refractivity contribution in [3.63, 3.8) is 0 Å². The van der Waals surface area contributed by atoms with Crippen LogP contribution in [0.15, 0.2) is 66.7 Å². The maximum Gasteiger partial charge on any atom is 0.306 e. The van der Waals surface area contributed by atoms with Gasteiger partial charge in [0.1, 0.15) is 19.0 Å². The molecule has 0 fully saturated rings. The molecule has 0 aliphatic carbocycles. The van der Waals surface area contributed by atoms with E-state index in [0.29, 0.717) is 23.5 Å². The SMILES string of the molecule is O=C1CCCC(=O)Nc2ccc(cc2)CNC(=O)c2cc(OCCOC(=O)CCS)cc(c2)C(=O)NCc2ccc(cc2)N1. The molecule has 44 heavy (non-hydrogen) atoms. The zero-order valence-electron chi connectivity index (χ0n) is 24.0. The third-order valence-electron chi connectivity index (χ3n) is 6.55. The number of thiol groups is 1. The molecule has 0 aromatic heterocycles. The van der Waals surface area contributed by atoms with Crippen molar-refractivity contribution in [1.82, 2.24) is 10.6 Å². The van der Waals surface area contributed by atoms with Crippen LogP contribution in [0.2, 0.25) is 0 Å². The molecule has 4 N–H and O–H groups in total. The summed E-state index contributed by atoms with van der Waals surface area (Å²) in [6.45, 7) is 0.422. The predicted molar refractivity (Wildman–Crippen MR) is 168 cm³/mol. The van der Waals surface area contributed by atoms with Gasteiger partial charge in [0, 0.05) is 54.2 Å². The van der Waals surface area contributed by atoms with E-state index in [9.17, 15) is 24.0 Å². The topological polar surface area (TPSA) is 152 Å². The molecule has 4 heterocycles. The van der Waals surface area contributed by atoms with E-state index in [4.69, 9.17) is 9.47 Å². The van der Waals surface area contributed by atoms with Crippen molar-refractivity contribution in [2.24, 2.45) is 0 Å². The fourth-order valence-electron chi connectivity index (χ4n) is 4.26. The van der Waals surface area contributed by atoms with Crippen molar-refractivity contribution in [3.05, 3.63) is 89.0 Å². The molecule has 11 nitrogen and oxygen atoms in total. The lowest BCUT2D eigenvalue weighted by Crippen LogP contribution is -2.25. The lowest BCUT2D eigenvalue weighted by Gasteiger charge is -2.13. The maximum absolute atomic E-state index is 13.1. The molecule has 230 valence electrons. The summed E-state index contributed by atoms with van der Waals surface area (Å²) < 4.78 is 10.8. The third kappa shape index (κ3) is 10.2. The molecule has 0 atom stereocenters. The van der Waals surface area contributed by atoms with Crippen molar-refractivity contribution in [3.8, 4) is 5.75 Å². The van der Waals surface area contributed by atoms with Crippen molar-refractivity contribution < 1.29 is 33.4 Å². The zero-order chi connectivity index (χ0) is 31.3. The molecule has 4 amide bonds. The summed E-state index contributed by atoms with van der Waals surface area (Å²) in [5.41, 5.74) is 3.20. The lowest BCUT2D eigenvalue weighted by atomic mass is 10.1. The molecule has 4 aliphatic rings. The van der Waals surface area contributed by atoms with Crippen LogP contribution in [-0.4, -0.2) is 48.6 Å². The lowest BCUT2D eigenvalue weighted by molar-refractivity contribution is -0.143. The normalized spacial score (nSPS) is 14.5. The Bertz CT molecular complexity index is 1400. The Hall–Kier alpha value is -4.84. The van der Waals surface area contributed by atoms with Crippen LogP contribution in [0.3, 0.4) is 0 Å². The number of benzene rings is 3. The summed E-state index contributed by atoms with van der Waals surface area (Å²) in [6.07, 6.45) is 0.951.